The minimum atomic E-state index is -0.118. The van der Waals surface area contributed by atoms with Gasteiger partial charge in [-0.15, -0.1) is 0 Å². The van der Waals surface area contributed by atoms with Crippen molar-refractivity contribution in [2.75, 3.05) is 39.4 Å². The summed E-state index contributed by atoms with van der Waals surface area (Å²) in [6.07, 6.45) is 2.21. The Hall–Kier alpha value is -1.46. The number of ether oxygens (including phenoxy) is 1. The first kappa shape index (κ1) is 16.0. The van der Waals surface area contributed by atoms with Crippen LogP contribution in [0.1, 0.15) is 42.9 Å². The van der Waals surface area contributed by atoms with Crippen LogP contribution in [0.2, 0.25) is 0 Å². The predicted molar refractivity (Wildman–Crippen MR) is 91.8 cm³/mol. The van der Waals surface area contributed by atoms with E-state index < -0.39 is 0 Å². The SMILES string of the molecule is CC(C)C1CN(C2(c3cccc(C(=O)N4CCCC4)n3)COC2)C1. The second kappa shape index (κ2) is 6.12. The molecule has 0 radical (unpaired) electrons. The lowest BCUT2D eigenvalue weighted by molar-refractivity contribution is -0.185. The summed E-state index contributed by atoms with van der Waals surface area (Å²) in [4.78, 5) is 21.8. The summed E-state index contributed by atoms with van der Waals surface area (Å²) in [7, 11) is 0. The fourth-order valence-corrected chi connectivity index (χ4v) is 3.97. The molecule has 4 heterocycles. The molecule has 3 saturated heterocycles. The molecule has 0 saturated carbocycles. The van der Waals surface area contributed by atoms with Crippen LogP contribution in [-0.4, -0.2) is 60.1 Å². The van der Waals surface area contributed by atoms with Gasteiger partial charge in [-0.3, -0.25) is 9.69 Å². The first-order chi connectivity index (χ1) is 11.6. The first-order valence-corrected chi connectivity index (χ1v) is 9.20. The molecule has 0 unspecified atom stereocenters. The van der Waals surface area contributed by atoms with Gasteiger partial charge in [-0.25, -0.2) is 4.98 Å². The third-order valence-electron chi connectivity index (χ3n) is 5.98. The number of aromatic nitrogens is 1. The van der Waals surface area contributed by atoms with Gasteiger partial charge in [0, 0.05) is 26.2 Å². The van der Waals surface area contributed by atoms with Crippen LogP contribution in [0.25, 0.3) is 0 Å². The zero-order valence-electron chi connectivity index (χ0n) is 14.7. The number of nitrogens with zero attached hydrogens (tertiary/aromatic N) is 3. The Morgan fingerprint density at radius 1 is 1.25 bits per heavy atom. The Labute approximate surface area is 144 Å². The first-order valence-electron chi connectivity index (χ1n) is 9.20. The standard InChI is InChI=1S/C19H27N3O2/c1-14(2)15-10-22(11-15)19(12-24-13-19)17-7-5-6-16(20-17)18(23)21-8-3-4-9-21/h5-7,14-15H,3-4,8-13H2,1-2H3. The molecular formula is C19H27N3O2. The van der Waals surface area contributed by atoms with Gasteiger partial charge in [0.2, 0.25) is 0 Å². The van der Waals surface area contributed by atoms with E-state index in [4.69, 9.17) is 9.72 Å². The number of carbonyl (C=O) groups is 1. The van der Waals surface area contributed by atoms with Crippen LogP contribution in [0.5, 0.6) is 0 Å². The van der Waals surface area contributed by atoms with Crippen LogP contribution in [0.15, 0.2) is 18.2 Å². The molecule has 1 aromatic rings. The fraction of sp³-hybridized carbons (Fsp3) is 0.684. The Morgan fingerprint density at radius 3 is 2.54 bits per heavy atom. The third-order valence-corrected chi connectivity index (χ3v) is 5.98. The van der Waals surface area contributed by atoms with E-state index in [1.165, 1.54) is 0 Å². The van der Waals surface area contributed by atoms with E-state index in [0.717, 1.165) is 56.6 Å². The molecular weight excluding hydrogens is 302 g/mol. The smallest absolute Gasteiger partial charge is 0.272 e. The molecule has 0 aromatic carbocycles. The molecule has 0 atom stereocenters. The van der Waals surface area contributed by atoms with Crippen LogP contribution in [0, 0.1) is 11.8 Å². The highest BCUT2D eigenvalue weighted by Crippen LogP contribution is 2.41. The lowest BCUT2D eigenvalue weighted by Gasteiger charge is -2.56. The maximum absolute atomic E-state index is 12.6. The molecule has 1 aromatic heterocycles. The van der Waals surface area contributed by atoms with Gasteiger partial charge in [-0.1, -0.05) is 19.9 Å². The second-order valence-electron chi connectivity index (χ2n) is 7.84. The maximum atomic E-state index is 12.6. The molecule has 3 fully saturated rings. The molecule has 0 aliphatic carbocycles. The minimum Gasteiger partial charge on any atom is -0.377 e. The van der Waals surface area contributed by atoms with Crippen molar-refractivity contribution in [2.24, 2.45) is 11.8 Å². The minimum absolute atomic E-state index is 0.0772. The molecule has 24 heavy (non-hydrogen) atoms. The van der Waals surface area contributed by atoms with Crippen LogP contribution in [-0.2, 0) is 10.3 Å². The van der Waals surface area contributed by atoms with E-state index in [9.17, 15) is 4.79 Å². The summed E-state index contributed by atoms with van der Waals surface area (Å²) in [5.74, 6) is 1.56. The van der Waals surface area contributed by atoms with Crippen molar-refractivity contribution in [1.82, 2.24) is 14.8 Å². The summed E-state index contributed by atoms with van der Waals surface area (Å²) >= 11 is 0. The zero-order valence-corrected chi connectivity index (χ0v) is 14.7. The summed E-state index contributed by atoms with van der Waals surface area (Å²) in [6.45, 7) is 9.89. The molecule has 1 amide bonds. The average Bonchev–Trinajstić information content (AvgIpc) is 3.01. The summed E-state index contributed by atoms with van der Waals surface area (Å²) in [5, 5.41) is 0. The lowest BCUT2D eigenvalue weighted by atomic mass is 9.80. The van der Waals surface area contributed by atoms with Gasteiger partial charge < -0.3 is 9.64 Å². The third kappa shape index (κ3) is 2.54. The number of hydrogen-bond donors (Lipinski definition) is 0. The number of pyridine rings is 1. The van der Waals surface area contributed by atoms with Gasteiger partial charge in [0.15, 0.2) is 0 Å². The summed E-state index contributed by atoms with van der Waals surface area (Å²) in [6, 6.07) is 5.89. The molecule has 4 rings (SSSR count). The van der Waals surface area contributed by atoms with Gasteiger partial charge in [0.25, 0.3) is 5.91 Å². The van der Waals surface area contributed by atoms with Crippen molar-refractivity contribution in [2.45, 2.75) is 32.2 Å². The second-order valence-corrected chi connectivity index (χ2v) is 7.84. The Morgan fingerprint density at radius 2 is 1.96 bits per heavy atom. The monoisotopic (exact) mass is 329 g/mol. The van der Waals surface area contributed by atoms with Crippen molar-refractivity contribution in [3.05, 3.63) is 29.6 Å². The highest BCUT2D eigenvalue weighted by Gasteiger charge is 2.51. The molecule has 0 N–H and O–H groups in total. The lowest BCUT2D eigenvalue weighted by Crippen LogP contribution is -2.67. The van der Waals surface area contributed by atoms with Gasteiger partial charge >= 0.3 is 0 Å². The molecule has 3 aliphatic rings. The molecule has 0 bridgehead atoms. The molecule has 3 aliphatic heterocycles. The number of carbonyl (C=O) groups excluding carboxylic acids is 1. The number of rotatable bonds is 4. The molecule has 5 heteroatoms. The fourth-order valence-electron chi connectivity index (χ4n) is 3.97. The van der Waals surface area contributed by atoms with E-state index in [0.29, 0.717) is 18.9 Å². The number of amides is 1. The summed E-state index contributed by atoms with van der Waals surface area (Å²) in [5.41, 5.74) is 1.47. The van der Waals surface area contributed by atoms with E-state index in [1.54, 1.807) is 0 Å². The van der Waals surface area contributed by atoms with Crippen LogP contribution in [0.3, 0.4) is 0 Å². The average molecular weight is 329 g/mol. The van der Waals surface area contributed by atoms with Crippen molar-refractivity contribution in [1.29, 1.82) is 0 Å². The highest BCUT2D eigenvalue weighted by atomic mass is 16.5. The largest absolute Gasteiger partial charge is 0.377 e. The van der Waals surface area contributed by atoms with Crippen LogP contribution >= 0.6 is 0 Å². The Balaban J connectivity index is 1.54. The topological polar surface area (TPSA) is 45.7 Å². The van der Waals surface area contributed by atoms with E-state index in [2.05, 4.69) is 24.8 Å². The maximum Gasteiger partial charge on any atom is 0.272 e. The number of likely N-dealkylation sites (tertiary alicyclic amines) is 2. The normalized spacial score (nSPS) is 24.0. The van der Waals surface area contributed by atoms with Gasteiger partial charge in [0.05, 0.1) is 18.9 Å². The zero-order chi connectivity index (χ0) is 16.7. The molecule has 130 valence electrons. The van der Waals surface area contributed by atoms with Crippen molar-refractivity contribution >= 4 is 5.91 Å². The highest BCUT2D eigenvalue weighted by molar-refractivity contribution is 5.92. The van der Waals surface area contributed by atoms with Crippen molar-refractivity contribution < 1.29 is 9.53 Å². The van der Waals surface area contributed by atoms with Crippen LogP contribution < -0.4 is 0 Å². The van der Waals surface area contributed by atoms with E-state index in [1.807, 2.05) is 17.0 Å². The van der Waals surface area contributed by atoms with E-state index >= 15 is 0 Å². The van der Waals surface area contributed by atoms with Gasteiger partial charge in [-0.2, -0.15) is 0 Å². The van der Waals surface area contributed by atoms with Crippen LogP contribution in [0.4, 0.5) is 0 Å². The van der Waals surface area contributed by atoms with Crippen molar-refractivity contribution in [3.8, 4) is 0 Å². The quantitative estimate of drug-likeness (QED) is 0.849. The Kier molecular flexibility index (Phi) is 4.09. The summed E-state index contributed by atoms with van der Waals surface area (Å²) < 4.78 is 5.57. The van der Waals surface area contributed by atoms with E-state index in [-0.39, 0.29) is 11.4 Å². The Bertz CT molecular complexity index is 615. The number of hydrogen-bond acceptors (Lipinski definition) is 4. The van der Waals surface area contributed by atoms with Crippen molar-refractivity contribution in [3.63, 3.8) is 0 Å². The van der Waals surface area contributed by atoms with Gasteiger partial charge in [-0.05, 0) is 36.8 Å². The predicted octanol–water partition coefficient (Wildman–Crippen LogP) is 2.13. The van der Waals surface area contributed by atoms with Gasteiger partial charge in [0.1, 0.15) is 11.2 Å². The molecule has 0 spiro atoms. The molecule has 5 nitrogen and oxygen atoms in total.